The van der Waals surface area contributed by atoms with Crippen LogP contribution >= 0.6 is 0 Å². The van der Waals surface area contributed by atoms with Crippen molar-refractivity contribution in [2.45, 2.75) is 18.9 Å². The average Bonchev–Trinajstić information content (AvgIpc) is 2.39. The van der Waals surface area contributed by atoms with Crippen molar-refractivity contribution < 1.29 is 4.74 Å². The van der Waals surface area contributed by atoms with Crippen LogP contribution in [-0.4, -0.2) is 37.7 Å². The van der Waals surface area contributed by atoms with Crippen molar-refractivity contribution >= 4 is 0 Å². The van der Waals surface area contributed by atoms with Crippen LogP contribution in [0.15, 0.2) is 12.7 Å². The van der Waals surface area contributed by atoms with E-state index in [0.29, 0.717) is 6.04 Å². The first-order chi connectivity index (χ1) is 5.38. The molecule has 11 heavy (non-hydrogen) atoms. The van der Waals surface area contributed by atoms with E-state index in [-0.39, 0.29) is 0 Å². The minimum absolute atomic E-state index is 0.637. The fourth-order valence-electron chi connectivity index (χ4n) is 1.68. The van der Waals surface area contributed by atoms with Gasteiger partial charge < -0.3 is 4.74 Å². The van der Waals surface area contributed by atoms with Gasteiger partial charge in [-0.2, -0.15) is 0 Å². The van der Waals surface area contributed by atoms with Gasteiger partial charge in [-0.15, -0.1) is 6.58 Å². The van der Waals surface area contributed by atoms with E-state index >= 15 is 0 Å². The molecule has 1 saturated heterocycles. The third-order valence-corrected chi connectivity index (χ3v) is 2.22. The topological polar surface area (TPSA) is 12.5 Å². The summed E-state index contributed by atoms with van der Waals surface area (Å²) < 4.78 is 5.13. The van der Waals surface area contributed by atoms with Gasteiger partial charge in [0, 0.05) is 19.7 Å². The maximum atomic E-state index is 5.13. The second kappa shape index (κ2) is 4.52. The van der Waals surface area contributed by atoms with Gasteiger partial charge in [0.15, 0.2) is 0 Å². The summed E-state index contributed by atoms with van der Waals surface area (Å²) in [6, 6.07) is 0.637. The molecule has 64 valence electrons. The fraction of sp³-hybridized carbons (Fsp3) is 0.778. The molecule has 1 atom stereocenters. The zero-order chi connectivity index (χ0) is 8.10. The molecule has 1 heterocycles. The normalized spacial score (nSPS) is 25.7. The van der Waals surface area contributed by atoms with Gasteiger partial charge in [0.05, 0.1) is 6.61 Å². The van der Waals surface area contributed by atoms with E-state index in [1.54, 1.807) is 7.11 Å². The molecule has 1 aliphatic rings. The Bertz CT molecular complexity index is 125. The van der Waals surface area contributed by atoms with Crippen LogP contribution in [0.25, 0.3) is 0 Å². The highest BCUT2D eigenvalue weighted by Crippen LogP contribution is 2.16. The van der Waals surface area contributed by atoms with Gasteiger partial charge in [-0.1, -0.05) is 6.08 Å². The third-order valence-electron chi connectivity index (χ3n) is 2.22. The van der Waals surface area contributed by atoms with Crippen molar-refractivity contribution in [3.8, 4) is 0 Å². The molecule has 0 aromatic heterocycles. The maximum absolute atomic E-state index is 5.13. The molecule has 1 fully saturated rings. The Morgan fingerprint density at radius 2 is 2.55 bits per heavy atom. The minimum Gasteiger partial charge on any atom is -0.383 e. The first-order valence-corrected chi connectivity index (χ1v) is 4.22. The van der Waals surface area contributed by atoms with Crippen molar-refractivity contribution in [3.63, 3.8) is 0 Å². The zero-order valence-corrected chi connectivity index (χ0v) is 7.25. The summed E-state index contributed by atoms with van der Waals surface area (Å²) in [6.07, 6.45) is 4.55. The Balaban J connectivity index is 2.31. The van der Waals surface area contributed by atoms with Crippen LogP contribution < -0.4 is 0 Å². The lowest BCUT2D eigenvalue weighted by Gasteiger charge is -2.21. The first-order valence-electron chi connectivity index (χ1n) is 4.22. The summed E-state index contributed by atoms with van der Waals surface area (Å²) in [4.78, 5) is 2.43. The maximum Gasteiger partial charge on any atom is 0.0618 e. The van der Waals surface area contributed by atoms with Crippen LogP contribution in [0.3, 0.4) is 0 Å². The van der Waals surface area contributed by atoms with Crippen molar-refractivity contribution in [1.29, 1.82) is 0 Å². The molecule has 0 aliphatic carbocycles. The average molecular weight is 155 g/mol. The van der Waals surface area contributed by atoms with Gasteiger partial charge in [-0.25, -0.2) is 0 Å². The molecular weight excluding hydrogens is 138 g/mol. The van der Waals surface area contributed by atoms with Crippen LogP contribution in [0.4, 0.5) is 0 Å². The Kier molecular flexibility index (Phi) is 3.60. The van der Waals surface area contributed by atoms with Gasteiger partial charge in [-0.3, -0.25) is 4.90 Å². The van der Waals surface area contributed by atoms with E-state index in [9.17, 15) is 0 Å². The zero-order valence-electron chi connectivity index (χ0n) is 7.25. The number of hydrogen-bond acceptors (Lipinski definition) is 2. The van der Waals surface area contributed by atoms with E-state index in [4.69, 9.17) is 4.74 Å². The van der Waals surface area contributed by atoms with Crippen LogP contribution in [-0.2, 0) is 4.74 Å². The molecule has 2 nitrogen and oxygen atoms in total. The molecule has 0 spiro atoms. The molecule has 2 heteroatoms. The SMILES string of the molecule is C=CCN1CCC[C@@H]1COC. The quantitative estimate of drug-likeness (QED) is 0.567. The molecule has 0 radical (unpaired) electrons. The second-order valence-corrected chi connectivity index (χ2v) is 3.04. The highest BCUT2D eigenvalue weighted by Gasteiger charge is 2.22. The highest BCUT2D eigenvalue weighted by atomic mass is 16.5. The Morgan fingerprint density at radius 1 is 1.73 bits per heavy atom. The largest absolute Gasteiger partial charge is 0.383 e. The van der Waals surface area contributed by atoms with E-state index in [0.717, 1.165) is 13.2 Å². The monoisotopic (exact) mass is 155 g/mol. The fourth-order valence-corrected chi connectivity index (χ4v) is 1.68. The molecule has 0 aromatic rings. The number of methoxy groups -OCH3 is 1. The molecule has 1 aliphatic heterocycles. The molecule has 0 unspecified atom stereocenters. The smallest absolute Gasteiger partial charge is 0.0618 e. The lowest BCUT2D eigenvalue weighted by Crippen LogP contribution is -2.32. The summed E-state index contributed by atoms with van der Waals surface area (Å²) in [7, 11) is 1.77. The number of likely N-dealkylation sites (tertiary alicyclic amines) is 1. The van der Waals surface area contributed by atoms with E-state index < -0.39 is 0 Å². The standard InChI is InChI=1S/C9H17NO/c1-3-6-10-7-4-5-9(10)8-11-2/h3,9H,1,4-8H2,2H3/t9-/m1/s1. The predicted octanol–water partition coefficient (Wildman–Crippen LogP) is 1.28. The van der Waals surface area contributed by atoms with E-state index in [2.05, 4.69) is 11.5 Å². The summed E-state index contributed by atoms with van der Waals surface area (Å²) in [5, 5.41) is 0. The van der Waals surface area contributed by atoms with E-state index in [1.807, 2.05) is 6.08 Å². The van der Waals surface area contributed by atoms with Crippen LogP contribution in [0.5, 0.6) is 0 Å². The van der Waals surface area contributed by atoms with Gasteiger partial charge in [0.2, 0.25) is 0 Å². The highest BCUT2D eigenvalue weighted by molar-refractivity contribution is 4.84. The van der Waals surface area contributed by atoms with Crippen molar-refractivity contribution in [2.75, 3.05) is 26.8 Å². The van der Waals surface area contributed by atoms with Crippen LogP contribution in [0.2, 0.25) is 0 Å². The minimum atomic E-state index is 0.637. The third kappa shape index (κ3) is 2.31. The Labute approximate surface area is 68.8 Å². The summed E-state index contributed by atoms with van der Waals surface area (Å²) in [5.74, 6) is 0. The van der Waals surface area contributed by atoms with Gasteiger partial charge in [-0.05, 0) is 19.4 Å². The Morgan fingerprint density at radius 3 is 3.18 bits per heavy atom. The molecule has 0 saturated carbocycles. The van der Waals surface area contributed by atoms with Crippen LogP contribution in [0.1, 0.15) is 12.8 Å². The van der Waals surface area contributed by atoms with Crippen LogP contribution in [0, 0.1) is 0 Å². The van der Waals surface area contributed by atoms with Crippen molar-refractivity contribution in [1.82, 2.24) is 4.90 Å². The van der Waals surface area contributed by atoms with Crippen molar-refractivity contribution in [3.05, 3.63) is 12.7 Å². The molecule has 1 rings (SSSR count). The number of ether oxygens (including phenoxy) is 1. The molecule has 0 aromatic carbocycles. The van der Waals surface area contributed by atoms with Gasteiger partial charge >= 0.3 is 0 Å². The summed E-state index contributed by atoms with van der Waals surface area (Å²) in [6.45, 7) is 6.82. The number of hydrogen-bond donors (Lipinski definition) is 0. The van der Waals surface area contributed by atoms with Gasteiger partial charge in [0.25, 0.3) is 0 Å². The molecule has 0 bridgehead atoms. The lowest BCUT2D eigenvalue weighted by atomic mass is 10.2. The molecule has 0 N–H and O–H groups in total. The van der Waals surface area contributed by atoms with Gasteiger partial charge in [0.1, 0.15) is 0 Å². The van der Waals surface area contributed by atoms with E-state index in [1.165, 1.54) is 19.4 Å². The predicted molar refractivity (Wildman–Crippen MR) is 46.7 cm³/mol. The molecular formula is C9H17NO. The van der Waals surface area contributed by atoms with Crippen molar-refractivity contribution in [2.24, 2.45) is 0 Å². The Hall–Kier alpha value is -0.340. The summed E-state index contributed by atoms with van der Waals surface area (Å²) >= 11 is 0. The summed E-state index contributed by atoms with van der Waals surface area (Å²) in [5.41, 5.74) is 0. The molecule has 0 amide bonds. The first kappa shape index (κ1) is 8.75. The number of rotatable bonds is 4. The lowest BCUT2D eigenvalue weighted by molar-refractivity contribution is 0.122. The second-order valence-electron chi connectivity index (χ2n) is 3.04. The number of nitrogens with zero attached hydrogens (tertiary/aromatic N) is 1.